The minimum atomic E-state index is -0.433. The molecule has 2 rings (SSSR count). The van der Waals surface area contributed by atoms with Crippen molar-refractivity contribution < 1.29 is 9.53 Å². The monoisotopic (exact) mass is 233 g/mol. The van der Waals surface area contributed by atoms with E-state index in [4.69, 9.17) is 17.6 Å². The van der Waals surface area contributed by atoms with Crippen LogP contribution in [0.5, 0.6) is 5.75 Å². The van der Waals surface area contributed by atoms with Gasteiger partial charge in [0.2, 0.25) is 0 Å². The van der Waals surface area contributed by atoms with Crippen LogP contribution in [0.3, 0.4) is 0 Å². The van der Waals surface area contributed by atoms with Crippen LogP contribution in [0.25, 0.3) is 0 Å². The van der Waals surface area contributed by atoms with Gasteiger partial charge >= 0.3 is 5.97 Å². The molecule has 85 valence electrons. The van der Waals surface area contributed by atoms with Crippen LogP contribution in [0, 0.1) is 56.3 Å². The van der Waals surface area contributed by atoms with E-state index in [-0.39, 0.29) is 0 Å². The van der Waals surface area contributed by atoms with E-state index < -0.39 is 5.97 Å². The second kappa shape index (κ2) is 5.43. The maximum Gasteiger partial charge on any atom is 0.319 e. The Hall–Kier alpha value is -2.19. The summed E-state index contributed by atoms with van der Waals surface area (Å²) in [7, 11) is 0. The lowest BCUT2D eigenvalue weighted by molar-refractivity contribution is -0.131. The second-order valence-electron chi connectivity index (χ2n) is 3.60. The second-order valence-corrected chi connectivity index (χ2v) is 3.60. The number of hydrogen-bond acceptors (Lipinski definition) is 2. The first-order valence-corrected chi connectivity index (χ1v) is 5.25. The Balaban J connectivity index is 2.16. The predicted octanol–water partition coefficient (Wildman–Crippen LogP) is 1.96. The van der Waals surface area contributed by atoms with E-state index in [9.17, 15) is 4.79 Å². The lowest BCUT2D eigenvalue weighted by atomic mass is 10.1. The van der Waals surface area contributed by atoms with Crippen LogP contribution < -0.4 is 4.74 Å². The van der Waals surface area contributed by atoms with Crippen molar-refractivity contribution in [2.24, 2.45) is 0 Å². The summed E-state index contributed by atoms with van der Waals surface area (Å²) in [6.45, 7) is 0. The van der Waals surface area contributed by atoms with Crippen LogP contribution in [0.2, 0.25) is 0 Å². The van der Waals surface area contributed by atoms with E-state index in [0.717, 1.165) is 0 Å². The van der Waals surface area contributed by atoms with Gasteiger partial charge in [0, 0.05) is 11.1 Å². The molecule has 18 heavy (non-hydrogen) atoms. The summed E-state index contributed by atoms with van der Waals surface area (Å²) in [6.07, 6.45) is 17.5. The first-order chi connectivity index (χ1) is 8.72. The Kier molecular flexibility index (Phi) is 3.70. The Morgan fingerprint density at radius 3 is 2.06 bits per heavy atom. The molecule has 0 N–H and O–H groups in total. The van der Waals surface area contributed by atoms with Crippen molar-refractivity contribution in [2.75, 3.05) is 0 Å². The van der Waals surface area contributed by atoms with Crippen LogP contribution in [0.1, 0.15) is 11.1 Å². The van der Waals surface area contributed by atoms with Gasteiger partial charge in [-0.1, -0.05) is 11.8 Å². The molecule has 1 saturated carbocycles. The van der Waals surface area contributed by atoms with Crippen molar-refractivity contribution in [3.63, 3.8) is 0 Å². The van der Waals surface area contributed by atoms with E-state index in [1.807, 2.05) is 0 Å². The van der Waals surface area contributed by atoms with Crippen molar-refractivity contribution in [3.8, 4) is 30.4 Å². The number of ether oxygens (including phenoxy) is 1. The molecule has 1 aliphatic rings. The summed E-state index contributed by atoms with van der Waals surface area (Å²) >= 11 is 0. The summed E-state index contributed by atoms with van der Waals surface area (Å²) in [5.74, 6) is 5.33. The predicted molar refractivity (Wildman–Crippen MR) is 68.4 cm³/mol. The van der Waals surface area contributed by atoms with Gasteiger partial charge < -0.3 is 4.74 Å². The smallest absolute Gasteiger partial charge is 0.319 e. The molecule has 5 radical (unpaired) electrons. The van der Waals surface area contributed by atoms with Crippen LogP contribution in [-0.2, 0) is 4.79 Å². The molecule has 0 aliphatic heterocycles. The minimum absolute atomic E-state index is 0.351. The van der Waals surface area contributed by atoms with Crippen LogP contribution in [0.4, 0.5) is 0 Å². The van der Waals surface area contributed by atoms with E-state index in [1.54, 1.807) is 43.9 Å². The van der Waals surface area contributed by atoms with E-state index >= 15 is 0 Å². The van der Waals surface area contributed by atoms with E-state index in [0.29, 0.717) is 22.8 Å². The van der Waals surface area contributed by atoms with Crippen molar-refractivity contribution >= 4 is 5.97 Å². The standard InChI is InChI=1S/C16H9O2/c1-3-12-9-13(4-2)11-15(10-12)18-16(17)14-7-5-6-8-14/h1-2,5-11H. The number of rotatable bonds is 2. The van der Waals surface area contributed by atoms with E-state index in [1.165, 1.54) is 0 Å². The number of hydrogen-bond donors (Lipinski definition) is 0. The van der Waals surface area contributed by atoms with Crippen LogP contribution >= 0.6 is 0 Å². The highest BCUT2D eigenvalue weighted by atomic mass is 16.5. The molecule has 2 nitrogen and oxygen atoms in total. The molecule has 0 bridgehead atoms. The zero-order valence-electron chi connectivity index (χ0n) is 9.51. The van der Waals surface area contributed by atoms with Gasteiger partial charge in [-0.2, -0.15) is 0 Å². The lowest BCUT2D eigenvalue weighted by Gasteiger charge is -2.09. The molecular formula is C16H9O2. The van der Waals surface area contributed by atoms with Crippen molar-refractivity contribution in [3.05, 3.63) is 60.9 Å². The summed E-state index contributed by atoms with van der Waals surface area (Å²) in [4.78, 5) is 11.7. The van der Waals surface area contributed by atoms with E-state index in [2.05, 4.69) is 11.8 Å². The molecule has 2 heteroatoms. The highest BCUT2D eigenvalue weighted by Gasteiger charge is 2.26. The molecule has 0 aromatic heterocycles. The fourth-order valence-corrected chi connectivity index (χ4v) is 1.50. The Bertz CT molecular complexity index is 505. The average Bonchev–Trinajstić information content (AvgIpc) is 2.92. The highest BCUT2D eigenvalue weighted by Crippen LogP contribution is 2.26. The van der Waals surface area contributed by atoms with Gasteiger partial charge in [0.25, 0.3) is 0 Å². The number of benzene rings is 1. The molecule has 0 spiro atoms. The van der Waals surface area contributed by atoms with Gasteiger partial charge in [0.15, 0.2) is 0 Å². The number of carbonyl (C=O) groups is 1. The quantitative estimate of drug-likeness (QED) is 0.443. The molecule has 1 aromatic carbocycles. The van der Waals surface area contributed by atoms with Gasteiger partial charge in [-0.15, -0.1) is 12.8 Å². The normalized spacial score (nSPS) is 14.8. The van der Waals surface area contributed by atoms with Crippen LogP contribution in [-0.4, -0.2) is 5.97 Å². The summed E-state index contributed by atoms with van der Waals surface area (Å²) < 4.78 is 5.21. The minimum Gasteiger partial charge on any atom is -0.426 e. The van der Waals surface area contributed by atoms with Gasteiger partial charge in [-0.3, -0.25) is 4.79 Å². The van der Waals surface area contributed by atoms with Crippen molar-refractivity contribution in [1.82, 2.24) is 0 Å². The number of esters is 1. The molecule has 1 aliphatic carbocycles. The summed E-state index contributed by atoms with van der Waals surface area (Å²) in [6, 6.07) is 4.88. The van der Waals surface area contributed by atoms with Gasteiger partial charge in [0.05, 0.1) is 5.92 Å². The number of terminal acetylenes is 2. The fraction of sp³-hybridized carbons (Fsp3) is 0. The van der Waals surface area contributed by atoms with Crippen molar-refractivity contribution in [1.29, 1.82) is 0 Å². The summed E-state index contributed by atoms with van der Waals surface area (Å²) in [5, 5.41) is 0. The number of carbonyl (C=O) groups excluding carboxylic acids is 1. The topological polar surface area (TPSA) is 26.3 Å². The lowest BCUT2D eigenvalue weighted by Crippen LogP contribution is -2.16. The molecule has 0 heterocycles. The molecular weight excluding hydrogens is 224 g/mol. The average molecular weight is 233 g/mol. The molecule has 1 fully saturated rings. The highest BCUT2D eigenvalue weighted by molar-refractivity contribution is 5.93. The Labute approximate surface area is 107 Å². The zero-order valence-corrected chi connectivity index (χ0v) is 9.51. The van der Waals surface area contributed by atoms with Gasteiger partial charge in [0.1, 0.15) is 5.75 Å². The Morgan fingerprint density at radius 1 is 1.00 bits per heavy atom. The van der Waals surface area contributed by atoms with Gasteiger partial charge in [-0.25, -0.2) is 0 Å². The zero-order chi connectivity index (χ0) is 13.0. The third-order valence-corrected chi connectivity index (χ3v) is 2.35. The molecule has 0 amide bonds. The maximum absolute atomic E-state index is 11.7. The molecule has 0 saturated heterocycles. The largest absolute Gasteiger partial charge is 0.426 e. The third-order valence-electron chi connectivity index (χ3n) is 2.35. The molecule has 1 aromatic rings. The van der Waals surface area contributed by atoms with Crippen molar-refractivity contribution in [2.45, 2.75) is 0 Å². The Morgan fingerprint density at radius 2 is 1.56 bits per heavy atom. The summed E-state index contributed by atoms with van der Waals surface area (Å²) in [5.41, 5.74) is 1.16. The SMILES string of the molecule is C#Cc1cc(C#C)cc(OC(=O)[C]2[CH][CH][CH][CH]2)c1. The van der Waals surface area contributed by atoms with Gasteiger partial charge in [-0.05, 0) is 43.9 Å². The molecule has 0 atom stereocenters. The first kappa shape index (κ1) is 12.3. The maximum atomic E-state index is 11.7. The fourth-order valence-electron chi connectivity index (χ4n) is 1.50. The third kappa shape index (κ3) is 2.73. The molecule has 0 unspecified atom stereocenters. The van der Waals surface area contributed by atoms with Crippen LogP contribution in [0.15, 0.2) is 18.2 Å². The first-order valence-electron chi connectivity index (χ1n) is 5.25.